The van der Waals surface area contributed by atoms with Crippen molar-refractivity contribution in [2.45, 2.75) is 45.6 Å². The van der Waals surface area contributed by atoms with Crippen molar-refractivity contribution in [3.8, 4) is 11.8 Å². The summed E-state index contributed by atoms with van der Waals surface area (Å²) < 4.78 is 0. The fourth-order valence-electron chi connectivity index (χ4n) is 2.04. The Morgan fingerprint density at radius 3 is 2.53 bits per heavy atom. The third-order valence-electron chi connectivity index (χ3n) is 3.61. The molecule has 19 heavy (non-hydrogen) atoms. The average molecular weight is 278 g/mol. The van der Waals surface area contributed by atoms with E-state index in [9.17, 15) is 4.79 Å². The molecule has 3 nitrogen and oxygen atoms in total. The summed E-state index contributed by atoms with van der Waals surface area (Å²) in [5, 5.41) is 5.06. The van der Waals surface area contributed by atoms with Gasteiger partial charge in [-0.3, -0.25) is 4.79 Å². The van der Waals surface area contributed by atoms with Gasteiger partial charge in [0, 0.05) is 11.1 Å². The number of carbonyl (C=O) groups excluding carboxylic acids is 1. The van der Waals surface area contributed by atoms with Crippen molar-refractivity contribution >= 4 is 17.2 Å². The van der Waals surface area contributed by atoms with E-state index >= 15 is 0 Å². The molecule has 0 unspecified atom stereocenters. The van der Waals surface area contributed by atoms with Crippen molar-refractivity contribution < 1.29 is 4.79 Å². The van der Waals surface area contributed by atoms with Crippen LogP contribution in [0.3, 0.4) is 0 Å². The SMILES string of the molecule is CCC(CC)(CC)NC(=O)c1sccc1C#CCN. The number of carbonyl (C=O) groups is 1. The first kappa shape index (κ1) is 15.7. The quantitative estimate of drug-likeness (QED) is 0.814. The molecule has 0 aliphatic heterocycles. The predicted octanol–water partition coefficient (Wildman–Crippen LogP) is 2.76. The fraction of sp³-hybridized carbons (Fsp3) is 0.533. The highest BCUT2D eigenvalue weighted by Crippen LogP contribution is 2.22. The van der Waals surface area contributed by atoms with Gasteiger partial charge in [0.2, 0.25) is 0 Å². The summed E-state index contributed by atoms with van der Waals surface area (Å²) in [6.45, 7) is 6.63. The molecule has 0 radical (unpaired) electrons. The molecule has 3 N–H and O–H groups in total. The summed E-state index contributed by atoms with van der Waals surface area (Å²) >= 11 is 1.42. The molecule has 0 aliphatic rings. The van der Waals surface area contributed by atoms with E-state index < -0.39 is 0 Å². The van der Waals surface area contributed by atoms with Crippen molar-refractivity contribution in [3.63, 3.8) is 0 Å². The molecular formula is C15H22N2OS. The lowest BCUT2D eigenvalue weighted by Crippen LogP contribution is -2.47. The second-order valence-electron chi connectivity index (χ2n) is 4.46. The van der Waals surface area contributed by atoms with Crippen molar-refractivity contribution in [2.75, 3.05) is 6.54 Å². The second kappa shape index (κ2) is 7.32. The zero-order chi connectivity index (χ0) is 14.3. The van der Waals surface area contributed by atoms with Gasteiger partial charge in [0.05, 0.1) is 6.54 Å². The van der Waals surface area contributed by atoms with Crippen LogP contribution in [0.25, 0.3) is 0 Å². The second-order valence-corrected chi connectivity index (χ2v) is 5.38. The van der Waals surface area contributed by atoms with Gasteiger partial charge in [0.15, 0.2) is 0 Å². The van der Waals surface area contributed by atoms with Gasteiger partial charge in [-0.25, -0.2) is 0 Å². The first-order valence-electron chi connectivity index (χ1n) is 6.71. The smallest absolute Gasteiger partial charge is 0.263 e. The molecule has 0 spiro atoms. The van der Waals surface area contributed by atoms with Gasteiger partial charge in [0.25, 0.3) is 5.91 Å². The van der Waals surface area contributed by atoms with E-state index in [1.165, 1.54) is 11.3 Å². The van der Waals surface area contributed by atoms with E-state index in [0.29, 0.717) is 11.4 Å². The molecule has 1 aromatic rings. The topological polar surface area (TPSA) is 55.1 Å². The normalized spacial score (nSPS) is 10.7. The number of rotatable bonds is 5. The molecule has 0 atom stereocenters. The minimum atomic E-state index is -0.111. The maximum absolute atomic E-state index is 12.4. The Bertz CT molecular complexity index is 470. The molecule has 0 aliphatic carbocycles. The maximum Gasteiger partial charge on any atom is 0.263 e. The van der Waals surface area contributed by atoms with Gasteiger partial charge in [0.1, 0.15) is 4.88 Å². The first-order chi connectivity index (χ1) is 9.12. The number of hydrogen-bond acceptors (Lipinski definition) is 3. The van der Waals surface area contributed by atoms with E-state index in [1.807, 2.05) is 11.4 Å². The number of nitrogens with one attached hydrogen (secondary N) is 1. The molecule has 0 fully saturated rings. The van der Waals surface area contributed by atoms with E-state index in [1.54, 1.807) is 0 Å². The highest BCUT2D eigenvalue weighted by Gasteiger charge is 2.27. The van der Waals surface area contributed by atoms with Crippen LogP contribution in [-0.2, 0) is 0 Å². The van der Waals surface area contributed by atoms with Crippen LogP contribution in [0.2, 0.25) is 0 Å². The van der Waals surface area contributed by atoms with Crippen molar-refractivity contribution in [1.82, 2.24) is 5.32 Å². The molecule has 104 valence electrons. The average Bonchev–Trinajstić information content (AvgIpc) is 2.91. The van der Waals surface area contributed by atoms with Crippen LogP contribution >= 0.6 is 11.3 Å². The molecule has 1 amide bonds. The standard InChI is InChI=1S/C15H22N2OS/c1-4-15(5-2,6-3)17-14(18)13-12(8-7-10-16)9-11-19-13/h9,11H,4-6,10,16H2,1-3H3,(H,17,18). The summed E-state index contributed by atoms with van der Waals surface area (Å²) in [6, 6.07) is 1.87. The maximum atomic E-state index is 12.4. The van der Waals surface area contributed by atoms with E-state index in [4.69, 9.17) is 5.73 Å². The molecule has 0 bridgehead atoms. The lowest BCUT2D eigenvalue weighted by atomic mass is 9.89. The minimum absolute atomic E-state index is 0.0260. The number of thiophene rings is 1. The van der Waals surface area contributed by atoms with Crippen molar-refractivity contribution in [1.29, 1.82) is 0 Å². The molecule has 1 rings (SSSR count). The fourth-order valence-corrected chi connectivity index (χ4v) is 2.79. The molecule has 1 heterocycles. The molecule has 0 saturated heterocycles. The molecular weight excluding hydrogens is 256 g/mol. The first-order valence-corrected chi connectivity index (χ1v) is 7.59. The Labute approximate surface area is 119 Å². The minimum Gasteiger partial charge on any atom is -0.346 e. The highest BCUT2D eigenvalue weighted by molar-refractivity contribution is 7.12. The lowest BCUT2D eigenvalue weighted by molar-refractivity contribution is 0.0892. The van der Waals surface area contributed by atoms with E-state index in [2.05, 4.69) is 37.9 Å². The van der Waals surface area contributed by atoms with Gasteiger partial charge >= 0.3 is 0 Å². The number of nitrogens with two attached hydrogens (primary N) is 1. The summed E-state index contributed by atoms with van der Waals surface area (Å²) in [6.07, 6.45) is 2.79. The Morgan fingerprint density at radius 2 is 2.00 bits per heavy atom. The summed E-state index contributed by atoms with van der Waals surface area (Å²) in [4.78, 5) is 13.1. The summed E-state index contributed by atoms with van der Waals surface area (Å²) in [5.74, 6) is 5.72. The molecule has 4 heteroatoms. The van der Waals surface area contributed by atoms with E-state index in [-0.39, 0.29) is 11.4 Å². The van der Waals surface area contributed by atoms with Crippen molar-refractivity contribution in [2.24, 2.45) is 5.73 Å². The van der Waals surface area contributed by atoms with Crippen LogP contribution in [0.5, 0.6) is 0 Å². The zero-order valence-corrected chi connectivity index (χ0v) is 12.7. The highest BCUT2D eigenvalue weighted by atomic mass is 32.1. The summed E-state index contributed by atoms with van der Waals surface area (Å²) in [7, 11) is 0. The van der Waals surface area contributed by atoms with Gasteiger partial charge in [-0.05, 0) is 30.7 Å². The van der Waals surface area contributed by atoms with Crippen LogP contribution in [0.1, 0.15) is 55.3 Å². The lowest BCUT2D eigenvalue weighted by Gasteiger charge is -2.31. The molecule has 0 aromatic carbocycles. The van der Waals surface area contributed by atoms with Crippen molar-refractivity contribution in [3.05, 3.63) is 21.9 Å². The van der Waals surface area contributed by atoms with Gasteiger partial charge in [-0.15, -0.1) is 11.3 Å². The largest absolute Gasteiger partial charge is 0.346 e. The van der Waals surface area contributed by atoms with Gasteiger partial charge in [-0.1, -0.05) is 32.6 Å². The van der Waals surface area contributed by atoms with Gasteiger partial charge in [-0.2, -0.15) is 0 Å². The van der Waals surface area contributed by atoms with Crippen LogP contribution < -0.4 is 11.1 Å². The Balaban J connectivity index is 2.92. The van der Waals surface area contributed by atoms with Crippen LogP contribution in [0.15, 0.2) is 11.4 Å². The Kier molecular flexibility index (Phi) is 6.07. The van der Waals surface area contributed by atoms with Crippen LogP contribution in [0.4, 0.5) is 0 Å². The summed E-state index contributed by atoms with van der Waals surface area (Å²) in [5.41, 5.74) is 6.02. The Morgan fingerprint density at radius 1 is 1.37 bits per heavy atom. The number of amides is 1. The van der Waals surface area contributed by atoms with Crippen LogP contribution in [-0.4, -0.2) is 18.0 Å². The van der Waals surface area contributed by atoms with E-state index in [0.717, 1.165) is 24.8 Å². The predicted molar refractivity (Wildman–Crippen MR) is 81.3 cm³/mol. The van der Waals surface area contributed by atoms with Crippen LogP contribution in [0, 0.1) is 11.8 Å². The zero-order valence-electron chi connectivity index (χ0n) is 11.9. The third kappa shape index (κ3) is 3.82. The molecule has 1 aromatic heterocycles. The third-order valence-corrected chi connectivity index (χ3v) is 4.52. The molecule has 0 saturated carbocycles. The Hall–Kier alpha value is -1.31. The number of hydrogen-bond donors (Lipinski definition) is 2. The van der Waals surface area contributed by atoms with Gasteiger partial charge < -0.3 is 11.1 Å². The monoisotopic (exact) mass is 278 g/mol.